The van der Waals surface area contributed by atoms with Crippen molar-refractivity contribution in [1.82, 2.24) is 24.6 Å². The molecule has 4 heterocycles. The molecule has 0 N–H and O–H groups in total. The second-order valence-electron chi connectivity index (χ2n) is 7.04. The lowest BCUT2D eigenvalue weighted by Crippen LogP contribution is -2.36. The van der Waals surface area contributed by atoms with Crippen molar-refractivity contribution < 1.29 is 0 Å². The number of thiazole rings is 1. The third-order valence-electron chi connectivity index (χ3n) is 5.61. The van der Waals surface area contributed by atoms with Crippen molar-refractivity contribution in [3.8, 4) is 11.4 Å². The van der Waals surface area contributed by atoms with Crippen LogP contribution in [0, 0.1) is 6.92 Å². The molecule has 2 aromatic heterocycles. The summed E-state index contributed by atoms with van der Waals surface area (Å²) in [6.07, 6.45) is 3.51. The molecule has 128 valence electrons. The fourth-order valence-electron chi connectivity index (χ4n) is 4.23. The predicted molar refractivity (Wildman–Crippen MR) is 98.4 cm³/mol. The van der Waals surface area contributed by atoms with Crippen LogP contribution in [0.5, 0.6) is 0 Å². The third-order valence-corrected chi connectivity index (χ3v) is 6.53. The van der Waals surface area contributed by atoms with Crippen molar-refractivity contribution in [1.29, 1.82) is 0 Å². The van der Waals surface area contributed by atoms with Gasteiger partial charge in [0.2, 0.25) is 0 Å². The van der Waals surface area contributed by atoms with E-state index >= 15 is 0 Å². The summed E-state index contributed by atoms with van der Waals surface area (Å²) in [4.78, 5) is 8.51. The maximum atomic E-state index is 4.54. The Hall–Kier alpha value is -2.05. The number of hydrogen-bond donors (Lipinski definition) is 0. The molecule has 1 saturated heterocycles. The summed E-state index contributed by atoms with van der Waals surface area (Å²) in [5, 5.41) is 9.05. The van der Waals surface area contributed by atoms with Crippen LogP contribution in [0.4, 0.5) is 0 Å². The Kier molecular flexibility index (Phi) is 3.68. The molecule has 2 aliphatic rings. The highest BCUT2D eigenvalue weighted by atomic mass is 32.1. The van der Waals surface area contributed by atoms with Gasteiger partial charge in [0, 0.05) is 42.0 Å². The lowest BCUT2D eigenvalue weighted by Gasteiger charge is -2.27. The first-order valence-electron chi connectivity index (χ1n) is 8.92. The lowest BCUT2D eigenvalue weighted by molar-refractivity contribution is 0.182. The van der Waals surface area contributed by atoms with Gasteiger partial charge >= 0.3 is 0 Å². The zero-order valence-corrected chi connectivity index (χ0v) is 15.1. The Morgan fingerprint density at radius 2 is 1.96 bits per heavy atom. The van der Waals surface area contributed by atoms with Gasteiger partial charge in [-0.3, -0.25) is 4.90 Å². The van der Waals surface area contributed by atoms with Crippen molar-refractivity contribution in [2.24, 2.45) is 0 Å². The fourth-order valence-corrected chi connectivity index (χ4v) is 5.02. The van der Waals surface area contributed by atoms with Crippen LogP contribution < -0.4 is 0 Å². The molecular formula is C19H21N5S. The van der Waals surface area contributed by atoms with E-state index in [9.17, 15) is 0 Å². The van der Waals surface area contributed by atoms with Crippen LogP contribution in [-0.4, -0.2) is 36.7 Å². The highest BCUT2D eigenvalue weighted by Crippen LogP contribution is 2.35. The monoisotopic (exact) mass is 351 g/mol. The average molecular weight is 351 g/mol. The molecule has 0 aliphatic carbocycles. The molecule has 0 spiro atoms. The van der Waals surface area contributed by atoms with E-state index in [1.807, 2.05) is 11.6 Å². The predicted octanol–water partition coefficient (Wildman–Crippen LogP) is 3.30. The molecule has 1 fully saturated rings. The summed E-state index contributed by atoms with van der Waals surface area (Å²) in [6, 6.07) is 11.6. The van der Waals surface area contributed by atoms with Gasteiger partial charge in [0.15, 0.2) is 5.82 Å². The SMILES string of the molecule is Cc1ncsc1CN1C2CCC1Cn1c(nnc1-c1ccccc1)C2. The number of aromatic nitrogens is 4. The van der Waals surface area contributed by atoms with E-state index in [2.05, 4.69) is 55.8 Å². The number of benzene rings is 1. The van der Waals surface area contributed by atoms with Gasteiger partial charge in [-0.05, 0) is 19.8 Å². The van der Waals surface area contributed by atoms with Gasteiger partial charge in [-0.2, -0.15) is 0 Å². The zero-order chi connectivity index (χ0) is 16.8. The number of fused-ring (bicyclic) bond motifs is 3. The molecule has 0 radical (unpaired) electrons. The molecule has 5 nitrogen and oxygen atoms in total. The van der Waals surface area contributed by atoms with E-state index in [4.69, 9.17) is 0 Å². The smallest absolute Gasteiger partial charge is 0.164 e. The minimum atomic E-state index is 0.561. The summed E-state index contributed by atoms with van der Waals surface area (Å²) in [7, 11) is 0. The van der Waals surface area contributed by atoms with Crippen molar-refractivity contribution in [3.63, 3.8) is 0 Å². The standard InChI is InChI=1S/C19H21N5S/c1-13-17(25-12-20-13)11-23-15-7-8-16(23)10-24-18(9-15)21-22-19(24)14-5-3-2-4-6-14/h2-6,12,15-16H,7-11H2,1H3. The number of rotatable bonds is 3. The van der Waals surface area contributed by atoms with E-state index in [-0.39, 0.29) is 0 Å². The zero-order valence-electron chi connectivity index (χ0n) is 14.3. The van der Waals surface area contributed by atoms with Crippen LogP contribution in [0.2, 0.25) is 0 Å². The van der Waals surface area contributed by atoms with E-state index < -0.39 is 0 Å². The number of nitrogens with zero attached hydrogens (tertiary/aromatic N) is 5. The van der Waals surface area contributed by atoms with Crippen LogP contribution in [0.25, 0.3) is 11.4 Å². The first-order chi connectivity index (χ1) is 12.3. The van der Waals surface area contributed by atoms with Crippen LogP contribution in [-0.2, 0) is 19.5 Å². The summed E-state index contributed by atoms with van der Waals surface area (Å²) in [5.74, 6) is 2.15. The van der Waals surface area contributed by atoms with Gasteiger partial charge in [0.05, 0.1) is 11.2 Å². The Bertz CT molecular complexity index is 884. The molecule has 3 aromatic rings. The first-order valence-corrected chi connectivity index (χ1v) is 9.80. The maximum absolute atomic E-state index is 4.54. The maximum Gasteiger partial charge on any atom is 0.164 e. The molecule has 1 aromatic carbocycles. The minimum absolute atomic E-state index is 0.561. The van der Waals surface area contributed by atoms with Crippen molar-refractivity contribution in [2.75, 3.05) is 0 Å². The number of hydrogen-bond acceptors (Lipinski definition) is 5. The van der Waals surface area contributed by atoms with Gasteiger partial charge in [-0.1, -0.05) is 30.3 Å². The fraction of sp³-hybridized carbons (Fsp3) is 0.421. The van der Waals surface area contributed by atoms with Gasteiger partial charge in [-0.15, -0.1) is 21.5 Å². The van der Waals surface area contributed by atoms with E-state index in [0.29, 0.717) is 12.1 Å². The molecule has 2 aliphatic heterocycles. The molecule has 6 heteroatoms. The Morgan fingerprint density at radius 1 is 1.12 bits per heavy atom. The van der Waals surface area contributed by atoms with Gasteiger partial charge in [0.25, 0.3) is 0 Å². The number of aryl methyl sites for hydroxylation is 1. The van der Waals surface area contributed by atoms with Crippen molar-refractivity contribution in [2.45, 2.75) is 51.4 Å². The van der Waals surface area contributed by atoms with E-state index in [1.54, 1.807) is 11.3 Å². The molecule has 25 heavy (non-hydrogen) atoms. The molecular weight excluding hydrogens is 330 g/mol. The Morgan fingerprint density at radius 3 is 2.76 bits per heavy atom. The minimum Gasteiger partial charge on any atom is -0.309 e. The highest BCUT2D eigenvalue weighted by Gasteiger charge is 2.38. The van der Waals surface area contributed by atoms with Crippen LogP contribution in [0.3, 0.4) is 0 Å². The van der Waals surface area contributed by atoms with Crippen molar-refractivity contribution in [3.05, 3.63) is 52.2 Å². The second-order valence-corrected chi connectivity index (χ2v) is 7.98. The summed E-state index contributed by atoms with van der Waals surface area (Å²) in [6.45, 7) is 4.12. The quantitative estimate of drug-likeness (QED) is 0.726. The van der Waals surface area contributed by atoms with E-state index in [0.717, 1.165) is 36.7 Å². The van der Waals surface area contributed by atoms with Gasteiger partial charge in [-0.25, -0.2) is 4.98 Å². The molecule has 5 rings (SSSR count). The summed E-state index contributed by atoms with van der Waals surface area (Å²) < 4.78 is 2.35. The Balaban J connectivity index is 1.47. The largest absolute Gasteiger partial charge is 0.309 e. The molecule has 2 unspecified atom stereocenters. The second kappa shape index (κ2) is 6.04. The molecule has 0 amide bonds. The summed E-state index contributed by atoms with van der Waals surface area (Å²) >= 11 is 1.78. The van der Waals surface area contributed by atoms with Gasteiger partial charge in [0.1, 0.15) is 5.82 Å². The topological polar surface area (TPSA) is 46.8 Å². The molecule has 2 atom stereocenters. The lowest BCUT2D eigenvalue weighted by atomic mass is 10.1. The van der Waals surface area contributed by atoms with Crippen LogP contribution in [0.15, 0.2) is 35.8 Å². The third kappa shape index (κ3) is 2.60. The van der Waals surface area contributed by atoms with E-state index in [1.165, 1.54) is 23.4 Å². The highest BCUT2D eigenvalue weighted by molar-refractivity contribution is 7.09. The van der Waals surface area contributed by atoms with Crippen LogP contribution >= 0.6 is 11.3 Å². The average Bonchev–Trinajstić information content (AvgIpc) is 3.28. The first kappa shape index (κ1) is 15.2. The molecule has 2 bridgehead atoms. The normalized spacial score (nSPS) is 22.8. The van der Waals surface area contributed by atoms with Gasteiger partial charge < -0.3 is 4.57 Å². The Labute approximate surface area is 151 Å². The van der Waals surface area contributed by atoms with Crippen molar-refractivity contribution >= 4 is 11.3 Å². The summed E-state index contributed by atoms with van der Waals surface area (Å²) in [5.41, 5.74) is 4.30. The van der Waals surface area contributed by atoms with Crippen LogP contribution in [0.1, 0.15) is 29.2 Å². The molecule has 0 saturated carbocycles.